The van der Waals surface area contributed by atoms with Gasteiger partial charge in [0, 0.05) is 0 Å². The molecule has 0 unspecified atom stereocenters. The summed E-state index contributed by atoms with van der Waals surface area (Å²) in [6, 6.07) is 7.07. The summed E-state index contributed by atoms with van der Waals surface area (Å²) >= 11 is 0. The molecule has 0 aliphatic heterocycles. The Morgan fingerprint density at radius 2 is 2.00 bits per heavy atom. The van der Waals surface area contributed by atoms with E-state index in [1.54, 1.807) is 28.9 Å². The fourth-order valence-electron chi connectivity index (χ4n) is 3.41. The number of carbonyl (C=O) groups excluding carboxylic acids is 2. The van der Waals surface area contributed by atoms with E-state index in [2.05, 4.69) is 10.4 Å². The Labute approximate surface area is 151 Å². The van der Waals surface area contributed by atoms with Crippen molar-refractivity contribution in [1.82, 2.24) is 15.1 Å². The van der Waals surface area contributed by atoms with Crippen molar-refractivity contribution < 1.29 is 14.3 Å². The van der Waals surface area contributed by atoms with Gasteiger partial charge in [-0.15, -0.1) is 0 Å². The number of rotatable bonds is 6. The average molecular weight is 357 g/mol. The minimum absolute atomic E-state index is 0.0546. The van der Waals surface area contributed by atoms with E-state index in [0.717, 1.165) is 25.7 Å². The zero-order chi connectivity index (χ0) is 18.7. The second kappa shape index (κ2) is 7.47. The van der Waals surface area contributed by atoms with Gasteiger partial charge < -0.3 is 21.5 Å². The molecule has 2 amide bonds. The number of aromatic nitrogens is 2. The maximum Gasteiger partial charge on any atom is 0.255 e. The number of nitrogens with one attached hydrogen (secondary N) is 1. The van der Waals surface area contributed by atoms with Crippen molar-refractivity contribution in [3.8, 4) is 5.75 Å². The maximum absolute atomic E-state index is 12.5. The summed E-state index contributed by atoms with van der Waals surface area (Å²) in [6.45, 7) is 0.0546. The number of carbonyl (C=O) groups is 2. The van der Waals surface area contributed by atoms with Crippen LogP contribution in [-0.4, -0.2) is 28.7 Å². The van der Waals surface area contributed by atoms with Crippen LogP contribution in [0.3, 0.4) is 0 Å². The predicted molar refractivity (Wildman–Crippen MR) is 96.8 cm³/mol. The molecule has 0 saturated heterocycles. The van der Waals surface area contributed by atoms with Crippen LogP contribution in [0, 0.1) is 0 Å². The van der Waals surface area contributed by atoms with Gasteiger partial charge in [0.05, 0.1) is 31.0 Å². The molecule has 1 heterocycles. The van der Waals surface area contributed by atoms with E-state index >= 15 is 0 Å². The number of nitrogen functional groups attached to an aromatic ring is 1. The lowest BCUT2D eigenvalue weighted by Gasteiger charge is -2.11. The minimum Gasteiger partial charge on any atom is -0.496 e. The smallest absolute Gasteiger partial charge is 0.255 e. The van der Waals surface area contributed by atoms with Crippen LogP contribution in [0.25, 0.3) is 0 Å². The van der Waals surface area contributed by atoms with Crippen molar-refractivity contribution >= 4 is 17.6 Å². The highest BCUT2D eigenvalue weighted by Crippen LogP contribution is 2.32. The Hall–Kier alpha value is -3.03. The molecule has 5 N–H and O–H groups in total. The minimum atomic E-state index is -0.645. The van der Waals surface area contributed by atoms with E-state index in [-0.39, 0.29) is 29.9 Å². The Morgan fingerprint density at radius 1 is 1.31 bits per heavy atom. The quantitative estimate of drug-likeness (QED) is 0.724. The third-order valence-electron chi connectivity index (χ3n) is 4.70. The van der Waals surface area contributed by atoms with Gasteiger partial charge in [0.15, 0.2) is 0 Å². The van der Waals surface area contributed by atoms with Crippen molar-refractivity contribution in [3.63, 3.8) is 0 Å². The number of nitrogens with two attached hydrogens (primary N) is 2. The summed E-state index contributed by atoms with van der Waals surface area (Å²) in [7, 11) is 1.50. The molecular weight excluding hydrogens is 334 g/mol. The Balaban J connectivity index is 1.82. The molecule has 1 fully saturated rings. The predicted octanol–water partition coefficient (Wildman–Crippen LogP) is 1.62. The second-order valence-corrected chi connectivity index (χ2v) is 6.34. The number of para-hydroxylation sites is 1. The summed E-state index contributed by atoms with van der Waals surface area (Å²) in [6.07, 6.45) is 4.15. The number of nitrogens with zero attached hydrogens (tertiary/aromatic N) is 2. The zero-order valence-corrected chi connectivity index (χ0v) is 14.7. The Bertz CT molecular complexity index is 824. The molecule has 26 heavy (non-hydrogen) atoms. The molecule has 0 atom stereocenters. The number of amides is 2. The molecule has 1 aliphatic rings. The zero-order valence-electron chi connectivity index (χ0n) is 14.7. The van der Waals surface area contributed by atoms with Crippen molar-refractivity contribution in [2.75, 3.05) is 12.8 Å². The van der Waals surface area contributed by atoms with Crippen LogP contribution in [0.2, 0.25) is 0 Å². The SMILES string of the molecule is COc1ccccc1C(=O)NCc1nn(C2CCCC2)c(N)c1C(N)=O. The molecule has 1 saturated carbocycles. The third-order valence-corrected chi connectivity index (χ3v) is 4.70. The molecule has 1 aromatic heterocycles. The molecule has 2 aromatic rings. The molecule has 8 nitrogen and oxygen atoms in total. The number of methoxy groups -OCH3 is 1. The van der Waals surface area contributed by atoms with Crippen LogP contribution in [-0.2, 0) is 6.54 Å². The van der Waals surface area contributed by atoms with E-state index in [9.17, 15) is 9.59 Å². The van der Waals surface area contributed by atoms with E-state index in [0.29, 0.717) is 17.0 Å². The fourth-order valence-corrected chi connectivity index (χ4v) is 3.41. The number of anilines is 1. The Morgan fingerprint density at radius 3 is 2.65 bits per heavy atom. The maximum atomic E-state index is 12.5. The number of hydrogen-bond donors (Lipinski definition) is 3. The lowest BCUT2D eigenvalue weighted by Crippen LogP contribution is -2.25. The summed E-state index contributed by atoms with van der Waals surface area (Å²) in [5.74, 6) is -0.234. The summed E-state index contributed by atoms with van der Waals surface area (Å²) in [4.78, 5) is 24.3. The molecule has 3 rings (SSSR count). The van der Waals surface area contributed by atoms with E-state index in [1.807, 2.05) is 0 Å². The number of benzene rings is 1. The molecule has 0 bridgehead atoms. The van der Waals surface area contributed by atoms with Gasteiger partial charge in [-0.25, -0.2) is 4.68 Å². The highest BCUT2D eigenvalue weighted by Gasteiger charge is 2.26. The molecule has 1 aromatic carbocycles. The molecule has 138 valence electrons. The van der Waals surface area contributed by atoms with Gasteiger partial charge in [-0.05, 0) is 25.0 Å². The summed E-state index contributed by atoms with van der Waals surface area (Å²) in [5, 5.41) is 7.22. The number of ether oxygens (including phenoxy) is 1. The topological polar surface area (TPSA) is 125 Å². The standard InChI is InChI=1S/C18H23N5O3/c1-26-14-9-5-4-8-12(14)18(25)21-10-13-15(17(20)24)16(19)23(22-13)11-6-2-3-7-11/h4-5,8-9,11H,2-3,6-7,10,19H2,1H3,(H2,20,24)(H,21,25). The summed E-state index contributed by atoms with van der Waals surface area (Å²) < 4.78 is 6.87. The molecule has 1 aliphatic carbocycles. The lowest BCUT2D eigenvalue weighted by atomic mass is 10.1. The van der Waals surface area contributed by atoms with Gasteiger partial charge in [-0.2, -0.15) is 5.10 Å². The van der Waals surface area contributed by atoms with Gasteiger partial charge in [0.1, 0.15) is 17.1 Å². The van der Waals surface area contributed by atoms with Gasteiger partial charge >= 0.3 is 0 Å². The van der Waals surface area contributed by atoms with E-state index in [4.69, 9.17) is 16.2 Å². The molecule has 8 heteroatoms. The van der Waals surface area contributed by atoms with Crippen LogP contribution in [0.5, 0.6) is 5.75 Å². The summed E-state index contributed by atoms with van der Waals surface area (Å²) in [5.41, 5.74) is 12.6. The first kappa shape index (κ1) is 17.8. The van der Waals surface area contributed by atoms with Crippen LogP contribution in [0.15, 0.2) is 24.3 Å². The normalized spacial score (nSPS) is 14.3. The van der Waals surface area contributed by atoms with Crippen LogP contribution in [0.4, 0.5) is 5.82 Å². The monoisotopic (exact) mass is 357 g/mol. The first-order valence-corrected chi connectivity index (χ1v) is 8.60. The van der Waals surface area contributed by atoms with Crippen LogP contribution in [0.1, 0.15) is 58.1 Å². The van der Waals surface area contributed by atoms with Crippen molar-refractivity contribution in [2.24, 2.45) is 5.73 Å². The number of hydrogen-bond acceptors (Lipinski definition) is 5. The van der Waals surface area contributed by atoms with Crippen LogP contribution >= 0.6 is 0 Å². The first-order chi connectivity index (χ1) is 12.5. The molecule has 0 spiro atoms. The first-order valence-electron chi connectivity index (χ1n) is 8.60. The van der Waals surface area contributed by atoms with Crippen LogP contribution < -0.4 is 21.5 Å². The molecule has 0 radical (unpaired) electrons. The molecular formula is C18H23N5O3. The van der Waals surface area contributed by atoms with Gasteiger partial charge in [0.2, 0.25) is 0 Å². The van der Waals surface area contributed by atoms with E-state index < -0.39 is 5.91 Å². The number of primary amides is 1. The Kier molecular flexibility index (Phi) is 5.11. The van der Waals surface area contributed by atoms with Gasteiger partial charge in [-0.3, -0.25) is 9.59 Å². The van der Waals surface area contributed by atoms with Gasteiger partial charge in [-0.1, -0.05) is 25.0 Å². The third kappa shape index (κ3) is 3.35. The van der Waals surface area contributed by atoms with Crippen molar-refractivity contribution in [1.29, 1.82) is 0 Å². The second-order valence-electron chi connectivity index (χ2n) is 6.34. The average Bonchev–Trinajstić information content (AvgIpc) is 3.27. The van der Waals surface area contributed by atoms with E-state index in [1.165, 1.54) is 7.11 Å². The van der Waals surface area contributed by atoms with Gasteiger partial charge in [0.25, 0.3) is 11.8 Å². The van der Waals surface area contributed by atoms with Crippen molar-refractivity contribution in [2.45, 2.75) is 38.3 Å². The highest BCUT2D eigenvalue weighted by molar-refractivity contribution is 5.99. The fraction of sp³-hybridized carbons (Fsp3) is 0.389. The lowest BCUT2D eigenvalue weighted by molar-refractivity contribution is 0.0942. The largest absolute Gasteiger partial charge is 0.496 e. The van der Waals surface area contributed by atoms with Crippen molar-refractivity contribution in [3.05, 3.63) is 41.1 Å². The highest BCUT2D eigenvalue weighted by atomic mass is 16.5.